The van der Waals surface area contributed by atoms with Crippen LogP contribution in [0.25, 0.3) is 11.3 Å². The van der Waals surface area contributed by atoms with Crippen LogP contribution in [0.4, 0.5) is 5.82 Å². The molecule has 2 heterocycles. The SMILES string of the molecule is Cc1oc(C)c(-c2cc(N)n[nH]2)c1C. The van der Waals surface area contributed by atoms with E-state index in [2.05, 4.69) is 10.2 Å². The van der Waals surface area contributed by atoms with Crippen molar-refractivity contribution in [2.24, 2.45) is 0 Å². The number of aromatic nitrogens is 2. The number of aromatic amines is 1. The molecule has 0 aliphatic carbocycles. The molecule has 4 heteroatoms. The normalized spacial score (nSPS) is 10.8. The van der Waals surface area contributed by atoms with Gasteiger partial charge in [-0.1, -0.05) is 0 Å². The molecule has 0 aromatic carbocycles. The standard InChI is InChI=1S/C10H13N3O/c1-5-6(2)14-7(3)10(5)8-4-9(11)13-12-8/h4H,1-3H3,(H3,11,12,13). The van der Waals surface area contributed by atoms with Crippen molar-refractivity contribution < 1.29 is 4.42 Å². The molecule has 0 radical (unpaired) electrons. The van der Waals surface area contributed by atoms with Crippen LogP contribution in [0.3, 0.4) is 0 Å². The second-order valence-electron chi connectivity index (χ2n) is 3.42. The van der Waals surface area contributed by atoms with Gasteiger partial charge in [0.2, 0.25) is 0 Å². The van der Waals surface area contributed by atoms with Gasteiger partial charge in [0.25, 0.3) is 0 Å². The molecule has 74 valence electrons. The summed E-state index contributed by atoms with van der Waals surface area (Å²) in [5.74, 6) is 2.33. The summed E-state index contributed by atoms with van der Waals surface area (Å²) in [7, 11) is 0. The second-order valence-corrected chi connectivity index (χ2v) is 3.42. The zero-order valence-electron chi connectivity index (χ0n) is 8.51. The van der Waals surface area contributed by atoms with E-state index >= 15 is 0 Å². The number of furan rings is 1. The predicted molar refractivity (Wildman–Crippen MR) is 54.9 cm³/mol. The van der Waals surface area contributed by atoms with Gasteiger partial charge in [-0.3, -0.25) is 5.10 Å². The van der Waals surface area contributed by atoms with Gasteiger partial charge in [0.15, 0.2) is 0 Å². The van der Waals surface area contributed by atoms with Crippen molar-refractivity contribution in [1.29, 1.82) is 0 Å². The highest BCUT2D eigenvalue weighted by atomic mass is 16.3. The number of H-pyrrole nitrogens is 1. The Morgan fingerprint density at radius 3 is 2.43 bits per heavy atom. The summed E-state index contributed by atoms with van der Waals surface area (Å²) in [5, 5.41) is 6.78. The molecular weight excluding hydrogens is 178 g/mol. The van der Waals surface area contributed by atoms with Crippen LogP contribution in [-0.2, 0) is 0 Å². The van der Waals surface area contributed by atoms with Crippen molar-refractivity contribution in [2.45, 2.75) is 20.8 Å². The quantitative estimate of drug-likeness (QED) is 0.725. The molecule has 0 saturated heterocycles. The third-order valence-corrected chi connectivity index (χ3v) is 2.43. The first-order valence-corrected chi connectivity index (χ1v) is 4.47. The van der Waals surface area contributed by atoms with Gasteiger partial charge in [-0.15, -0.1) is 0 Å². The van der Waals surface area contributed by atoms with Gasteiger partial charge < -0.3 is 10.2 Å². The van der Waals surface area contributed by atoms with E-state index in [0.717, 1.165) is 28.3 Å². The molecule has 2 aromatic heterocycles. The molecule has 4 nitrogen and oxygen atoms in total. The molecule has 0 saturated carbocycles. The highest BCUT2D eigenvalue weighted by Crippen LogP contribution is 2.30. The lowest BCUT2D eigenvalue weighted by molar-refractivity contribution is 0.503. The van der Waals surface area contributed by atoms with Gasteiger partial charge in [0.1, 0.15) is 17.3 Å². The molecule has 3 N–H and O–H groups in total. The largest absolute Gasteiger partial charge is 0.466 e. The average molecular weight is 191 g/mol. The monoisotopic (exact) mass is 191 g/mol. The fraction of sp³-hybridized carbons (Fsp3) is 0.300. The predicted octanol–water partition coefficient (Wildman–Crippen LogP) is 2.18. The molecule has 0 fully saturated rings. The van der Waals surface area contributed by atoms with Crippen molar-refractivity contribution in [3.63, 3.8) is 0 Å². The van der Waals surface area contributed by atoms with Gasteiger partial charge >= 0.3 is 0 Å². The number of nitrogens with two attached hydrogens (primary N) is 1. The minimum absolute atomic E-state index is 0.498. The zero-order valence-corrected chi connectivity index (χ0v) is 8.51. The Balaban J connectivity index is 2.61. The van der Waals surface area contributed by atoms with Gasteiger partial charge in [-0.25, -0.2) is 0 Å². The summed E-state index contributed by atoms with van der Waals surface area (Å²) in [6, 6.07) is 1.81. The number of anilines is 1. The smallest absolute Gasteiger partial charge is 0.145 e. The van der Waals surface area contributed by atoms with Crippen LogP contribution in [-0.4, -0.2) is 10.2 Å². The molecule has 0 unspecified atom stereocenters. The highest BCUT2D eigenvalue weighted by Gasteiger charge is 2.14. The lowest BCUT2D eigenvalue weighted by Crippen LogP contribution is -1.81. The van der Waals surface area contributed by atoms with Crippen LogP contribution in [0.15, 0.2) is 10.5 Å². The van der Waals surface area contributed by atoms with Gasteiger partial charge in [0, 0.05) is 11.6 Å². The summed E-state index contributed by atoms with van der Waals surface area (Å²) in [6.07, 6.45) is 0. The number of aryl methyl sites for hydroxylation is 2. The van der Waals surface area contributed by atoms with Gasteiger partial charge in [-0.05, 0) is 26.3 Å². The van der Waals surface area contributed by atoms with Crippen LogP contribution in [0, 0.1) is 20.8 Å². The molecule has 14 heavy (non-hydrogen) atoms. The minimum Gasteiger partial charge on any atom is -0.466 e. The Labute approximate surface area is 82.1 Å². The highest BCUT2D eigenvalue weighted by molar-refractivity contribution is 5.68. The van der Waals surface area contributed by atoms with Crippen molar-refractivity contribution in [1.82, 2.24) is 10.2 Å². The molecule has 2 rings (SSSR count). The number of hydrogen-bond acceptors (Lipinski definition) is 3. The maximum Gasteiger partial charge on any atom is 0.145 e. The van der Waals surface area contributed by atoms with E-state index in [1.807, 2.05) is 26.8 Å². The van der Waals surface area contributed by atoms with Crippen LogP contribution >= 0.6 is 0 Å². The third-order valence-electron chi connectivity index (χ3n) is 2.43. The zero-order chi connectivity index (χ0) is 10.3. The molecule has 0 spiro atoms. The van der Waals surface area contributed by atoms with Gasteiger partial charge in [0.05, 0.1) is 5.69 Å². The van der Waals surface area contributed by atoms with E-state index < -0.39 is 0 Å². The summed E-state index contributed by atoms with van der Waals surface area (Å²) in [4.78, 5) is 0. The van der Waals surface area contributed by atoms with Crippen LogP contribution < -0.4 is 5.73 Å². The van der Waals surface area contributed by atoms with E-state index in [0.29, 0.717) is 5.82 Å². The van der Waals surface area contributed by atoms with Crippen molar-refractivity contribution in [3.8, 4) is 11.3 Å². The molecule has 0 amide bonds. The Morgan fingerprint density at radius 2 is 2.00 bits per heavy atom. The summed E-state index contributed by atoms with van der Waals surface area (Å²) >= 11 is 0. The Hall–Kier alpha value is -1.71. The number of hydrogen-bond donors (Lipinski definition) is 2. The molecule has 0 bridgehead atoms. The topological polar surface area (TPSA) is 67.8 Å². The third kappa shape index (κ3) is 1.19. The van der Waals surface area contributed by atoms with Crippen molar-refractivity contribution >= 4 is 5.82 Å². The van der Waals surface area contributed by atoms with E-state index in [1.165, 1.54) is 0 Å². The van der Waals surface area contributed by atoms with Crippen LogP contribution in [0.2, 0.25) is 0 Å². The van der Waals surface area contributed by atoms with Gasteiger partial charge in [-0.2, -0.15) is 5.10 Å². The number of nitrogens with zero attached hydrogens (tertiary/aromatic N) is 1. The fourth-order valence-electron chi connectivity index (χ4n) is 1.65. The summed E-state index contributed by atoms with van der Waals surface area (Å²) < 4.78 is 5.52. The van der Waals surface area contributed by atoms with Crippen LogP contribution in [0.5, 0.6) is 0 Å². The molecule has 0 atom stereocenters. The van der Waals surface area contributed by atoms with E-state index in [4.69, 9.17) is 10.2 Å². The number of rotatable bonds is 1. The van der Waals surface area contributed by atoms with E-state index in [1.54, 1.807) is 0 Å². The molecule has 2 aromatic rings. The molecule has 0 aliphatic heterocycles. The number of nitrogen functional groups attached to an aromatic ring is 1. The van der Waals surface area contributed by atoms with E-state index in [9.17, 15) is 0 Å². The maximum absolute atomic E-state index is 5.55. The Bertz CT molecular complexity index is 468. The first-order valence-electron chi connectivity index (χ1n) is 4.47. The Kier molecular flexibility index (Phi) is 1.84. The first kappa shape index (κ1) is 8.87. The lowest BCUT2D eigenvalue weighted by Gasteiger charge is -1.95. The van der Waals surface area contributed by atoms with Crippen molar-refractivity contribution in [3.05, 3.63) is 23.2 Å². The molecule has 0 aliphatic rings. The average Bonchev–Trinajstić information content (AvgIpc) is 2.60. The summed E-state index contributed by atoms with van der Waals surface area (Å²) in [5.41, 5.74) is 8.65. The van der Waals surface area contributed by atoms with Crippen molar-refractivity contribution in [2.75, 3.05) is 5.73 Å². The summed E-state index contributed by atoms with van der Waals surface area (Å²) in [6.45, 7) is 5.91. The number of nitrogens with one attached hydrogen (secondary N) is 1. The lowest BCUT2D eigenvalue weighted by atomic mass is 10.1. The minimum atomic E-state index is 0.498. The fourth-order valence-corrected chi connectivity index (χ4v) is 1.65. The maximum atomic E-state index is 5.55. The first-order chi connectivity index (χ1) is 6.59. The van der Waals surface area contributed by atoms with E-state index in [-0.39, 0.29) is 0 Å². The second kappa shape index (κ2) is 2.90. The van der Waals surface area contributed by atoms with Crippen LogP contribution in [0.1, 0.15) is 17.1 Å². The molecular formula is C10H13N3O. The Morgan fingerprint density at radius 1 is 1.29 bits per heavy atom.